The molecular weight excluding hydrogens is 368 g/mol. The van der Waals surface area contributed by atoms with Crippen LogP contribution in [0, 0.1) is 0 Å². The van der Waals surface area contributed by atoms with Crippen LogP contribution in [-0.4, -0.2) is 12.9 Å². The van der Waals surface area contributed by atoms with E-state index in [-0.39, 0.29) is 5.78 Å². The lowest BCUT2D eigenvalue weighted by Gasteiger charge is -1.99. The Morgan fingerprint density at radius 3 is 2.38 bits per heavy atom. The van der Waals surface area contributed by atoms with Crippen molar-refractivity contribution < 1.29 is 13.9 Å². The Hall–Kier alpha value is -2.59. The van der Waals surface area contributed by atoms with Crippen molar-refractivity contribution in [2.24, 2.45) is 0 Å². The molecule has 3 nitrogen and oxygen atoms in total. The quantitative estimate of drug-likeness (QED) is 0.424. The number of halogens is 1. The third-order valence-corrected chi connectivity index (χ3v) is 4.06. The standard InChI is InChI=1S/C20H15BrO3/c1-23-17-8-4-14(5-9-17)19(22)12-10-18-11-13-20(24-18)15-2-6-16(21)7-3-15/h2-13H,1H3. The zero-order valence-corrected chi connectivity index (χ0v) is 14.6. The predicted molar refractivity (Wildman–Crippen MR) is 98.2 cm³/mol. The van der Waals surface area contributed by atoms with Crippen molar-refractivity contribution in [2.75, 3.05) is 7.11 Å². The normalized spacial score (nSPS) is 10.9. The summed E-state index contributed by atoms with van der Waals surface area (Å²) in [7, 11) is 1.59. The fourth-order valence-electron chi connectivity index (χ4n) is 2.22. The van der Waals surface area contributed by atoms with Crippen molar-refractivity contribution >= 4 is 27.8 Å². The van der Waals surface area contributed by atoms with E-state index in [4.69, 9.17) is 9.15 Å². The molecule has 3 rings (SSSR count). The first-order chi connectivity index (χ1) is 11.7. The van der Waals surface area contributed by atoms with Gasteiger partial charge in [0, 0.05) is 15.6 Å². The number of methoxy groups -OCH3 is 1. The summed E-state index contributed by atoms with van der Waals surface area (Å²) in [5, 5.41) is 0. The van der Waals surface area contributed by atoms with Gasteiger partial charge in [-0.25, -0.2) is 0 Å². The van der Waals surface area contributed by atoms with Gasteiger partial charge in [-0.1, -0.05) is 28.1 Å². The molecule has 0 saturated heterocycles. The van der Waals surface area contributed by atoms with Gasteiger partial charge in [0.1, 0.15) is 17.3 Å². The molecule has 0 unspecified atom stereocenters. The number of allylic oxidation sites excluding steroid dienone is 1. The predicted octanol–water partition coefficient (Wildman–Crippen LogP) is 5.61. The van der Waals surface area contributed by atoms with Gasteiger partial charge in [-0.05, 0) is 60.7 Å². The third kappa shape index (κ3) is 3.84. The molecule has 0 radical (unpaired) electrons. The lowest BCUT2D eigenvalue weighted by molar-refractivity contribution is 0.104. The van der Waals surface area contributed by atoms with Crippen LogP contribution in [-0.2, 0) is 0 Å². The molecule has 0 spiro atoms. The molecule has 0 saturated carbocycles. The minimum Gasteiger partial charge on any atom is -0.497 e. The van der Waals surface area contributed by atoms with E-state index in [1.54, 1.807) is 37.5 Å². The Kier molecular flexibility index (Phi) is 4.96. The number of carbonyl (C=O) groups excluding carboxylic acids is 1. The van der Waals surface area contributed by atoms with Crippen molar-refractivity contribution in [3.8, 4) is 17.1 Å². The maximum atomic E-state index is 12.2. The molecular formula is C20H15BrO3. The van der Waals surface area contributed by atoms with E-state index in [2.05, 4.69) is 15.9 Å². The van der Waals surface area contributed by atoms with Crippen LogP contribution in [0.15, 0.2) is 75.6 Å². The molecule has 0 bridgehead atoms. The second-order valence-electron chi connectivity index (χ2n) is 5.13. The van der Waals surface area contributed by atoms with Crippen LogP contribution >= 0.6 is 15.9 Å². The highest BCUT2D eigenvalue weighted by Crippen LogP contribution is 2.24. The number of ketones is 1. The first-order valence-corrected chi connectivity index (χ1v) is 8.17. The maximum Gasteiger partial charge on any atom is 0.185 e. The number of furan rings is 1. The Balaban J connectivity index is 1.72. The summed E-state index contributed by atoms with van der Waals surface area (Å²) in [4.78, 5) is 12.2. The van der Waals surface area contributed by atoms with Gasteiger partial charge in [0.05, 0.1) is 7.11 Å². The van der Waals surface area contributed by atoms with Crippen molar-refractivity contribution in [1.82, 2.24) is 0 Å². The van der Waals surface area contributed by atoms with Gasteiger partial charge in [-0.2, -0.15) is 0 Å². The molecule has 1 aromatic heterocycles. The third-order valence-electron chi connectivity index (χ3n) is 3.53. The lowest BCUT2D eigenvalue weighted by atomic mass is 10.1. The van der Waals surface area contributed by atoms with Gasteiger partial charge in [-0.15, -0.1) is 0 Å². The van der Waals surface area contributed by atoms with Crippen LogP contribution in [0.4, 0.5) is 0 Å². The van der Waals surface area contributed by atoms with Gasteiger partial charge in [0.15, 0.2) is 5.78 Å². The first-order valence-electron chi connectivity index (χ1n) is 7.38. The monoisotopic (exact) mass is 382 g/mol. The number of carbonyl (C=O) groups is 1. The summed E-state index contributed by atoms with van der Waals surface area (Å²) < 4.78 is 11.9. The second-order valence-corrected chi connectivity index (χ2v) is 6.05. The van der Waals surface area contributed by atoms with Crippen LogP contribution < -0.4 is 4.74 Å². The van der Waals surface area contributed by atoms with Crippen molar-refractivity contribution in [2.45, 2.75) is 0 Å². The fraction of sp³-hybridized carbons (Fsp3) is 0.0500. The smallest absolute Gasteiger partial charge is 0.185 e. The average molecular weight is 383 g/mol. The van der Waals surface area contributed by atoms with E-state index in [0.29, 0.717) is 11.3 Å². The van der Waals surface area contributed by atoms with Gasteiger partial charge in [0.2, 0.25) is 0 Å². The molecule has 0 aliphatic rings. The van der Waals surface area contributed by atoms with Crippen LogP contribution in [0.2, 0.25) is 0 Å². The summed E-state index contributed by atoms with van der Waals surface area (Å²) in [6.45, 7) is 0. The van der Waals surface area contributed by atoms with E-state index >= 15 is 0 Å². The maximum absolute atomic E-state index is 12.2. The zero-order chi connectivity index (χ0) is 16.9. The van der Waals surface area contributed by atoms with E-state index in [1.807, 2.05) is 36.4 Å². The second kappa shape index (κ2) is 7.32. The molecule has 0 aliphatic carbocycles. The molecule has 0 atom stereocenters. The molecule has 0 N–H and O–H groups in total. The van der Waals surface area contributed by atoms with Crippen LogP contribution in [0.25, 0.3) is 17.4 Å². The number of rotatable bonds is 5. The molecule has 120 valence electrons. The summed E-state index contributed by atoms with van der Waals surface area (Å²) in [5.41, 5.74) is 1.59. The Labute approximate surface area is 148 Å². The van der Waals surface area contributed by atoms with E-state index in [9.17, 15) is 4.79 Å². The molecule has 24 heavy (non-hydrogen) atoms. The van der Waals surface area contributed by atoms with Gasteiger partial charge < -0.3 is 9.15 Å². The highest BCUT2D eigenvalue weighted by molar-refractivity contribution is 9.10. The Morgan fingerprint density at radius 2 is 1.71 bits per heavy atom. The summed E-state index contributed by atoms with van der Waals surface area (Å²) in [5.74, 6) is 2.04. The summed E-state index contributed by atoms with van der Waals surface area (Å²) >= 11 is 3.41. The average Bonchev–Trinajstić information content (AvgIpc) is 3.09. The molecule has 0 aliphatic heterocycles. The van der Waals surface area contributed by atoms with Gasteiger partial charge >= 0.3 is 0 Å². The number of hydrogen-bond donors (Lipinski definition) is 0. The van der Waals surface area contributed by atoms with E-state index < -0.39 is 0 Å². The van der Waals surface area contributed by atoms with Crippen molar-refractivity contribution in [1.29, 1.82) is 0 Å². The van der Waals surface area contributed by atoms with Crippen LogP contribution in [0.3, 0.4) is 0 Å². The number of hydrogen-bond acceptors (Lipinski definition) is 3. The SMILES string of the molecule is COc1ccc(C(=O)C=Cc2ccc(-c3ccc(Br)cc3)o2)cc1. The number of ether oxygens (including phenoxy) is 1. The molecule has 1 heterocycles. The van der Waals surface area contributed by atoms with Gasteiger partial charge in [0.25, 0.3) is 0 Å². The molecule has 0 amide bonds. The zero-order valence-electron chi connectivity index (χ0n) is 13.0. The molecule has 4 heteroatoms. The first kappa shape index (κ1) is 16.3. The van der Waals surface area contributed by atoms with Crippen molar-refractivity contribution in [3.05, 3.63) is 82.5 Å². The van der Waals surface area contributed by atoms with Crippen LogP contribution in [0.1, 0.15) is 16.1 Å². The molecule has 3 aromatic rings. The fourth-order valence-corrected chi connectivity index (χ4v) is 2.49. The Bertz CT molecular complexity index is 859. The highest BCUT2D eigenvalue weighted by atomic mass is 79.9. The minimum atomic E-state index is -0.0840. The largest absolute Gasteiger partial charge is 0.497 e. The summed E-state index contributed by atoms with van der Waals surface area (Å²) in [6.07, 6.45) is 3.18. The minimum absolute atomic E-state index is 0.0840. The number of benzene rings is 2. The lowest BCUT2D eigenvalue weighted by Crippen LogP contribution is -1.93. The molecule has 2 aromatic carbocycles. The summed E-state index contributed by atoms with van der Waals surface area (Å²) in [6, 6.07) is 18.6. The topological polar surface area (TPSA) is 39.4 Å². The highest BCUT2D eigenvalue weighted by Gasteiger charge is 2.05. The Morgan fingerprint density at radius 1 is 1.00 bits per heavy atom. The molecule has 0 fully saturated rings. The van der Waals surface area contributed by atoms with E-state index in [1.165, 1.54) is 6.08 Å². The van der Waals surface area contributed by atoms with E-state index in [0.717, 1.165) is 21.5 Å². The van der Waals surface area contributed by atoms with Gasteiger partial charge in [-0.3, -0.25) is 4.79 Å². The van der Waals surface area contributed by atoms with Crippen LogP contribution in [0.5, 0.6) is 5.75 Å². The van der Waals surface area contributed by atoms with Crippen molar-refractivity contribution in [3.63, 3.8) is 0 Å².